The molecule has 0 fully saturated rings. The maximum Gasteiger partial charge on any atom is 0.246 e. The van der Waals surface area contributed by atoms with Crippen molar-refractivity contribution in [1.82, 2.24) is 14.9 Å². The van der Waals surface area contributed by atoms with Gasteiger partial charge in [-0.3, -0.25) is 4.90 Å². The summed E-state index contributed by atoms with van der Waals surface area (Å²) in [6.07, 6.45) is 3.44. The van der Waals surface area contributed by atoms with E-state index in [0.29, 0.717) is 13.0 Å². The van der Waals surface area contributed by atoms with Gasteiger partial charge in [-0.15, -0.1) is 0 Å². The van der Waals surface area contributed by atoms with Crippen molar-refractivity contribution in [3.8, 4) is 11.5 Å². The fourth-order valence-electron chi connectivity index (χ4n) is 2.89. The minimum absolute atomic E-state index is 0.100. The minimum Gasteiger partial charge on any atom is -0.497 e. The highest BCUT2D eigenvalue weighted by atomic mass is 32.2. The highest BCUT2D eigenvalue weighted by Crippen LogP contribution is 2.27. The highest BCUT2D eigenvalue weighted by Gasteiger charge is 2.22. The number of aromatic nitrogens is 2. The Hall–Kier alpha value is -2.19. The van der Waals surface area contributed by atoms with Gasteiger partial charge >= 0.3 is 0 Å². The van der Waals surface area contributed by atoms with Crippen molar-refractivity contribution in [3.63, 3.8) is 0 Å². The van der Waals surface area contributed by atoms with Crippen molar-refractivity contribution in [2.24, 2.45) is 0 Å². The molecule has 0 saturated heterocycles. The molecule has 0 unspecified atom stereocenters. The fourth-order valence-corrected chi connectivity index (χ4v) is 3.41. The molecule has 0 N–H and O–H groups in total. The van der Waals surface area contributed by atoms with Gasteiger partial charge in [-0.25, -0.2) is 18.4 Å². The zero-order valence-corrected chi connectivity index (χ0v) is 15.3. The van der Waals surface area contributed by atoms with Crippen molar-refractivity contribution in [1.29, 1.82) is 0 Å². The molecule has 2 heterocycles. The van der Waals surface area contributed by atoms with Gasteiger partial charge in [0.25, 0.3) is 0 Å². The predicted molar refractivity (Wildman–Crippen MR) is 92.5 cm³/mol. The zero-order valence-electron chi connectivity index (χ0n) is 14.5. The largest absolute Gasteiger partial charge is 0.497 e. The number of hydrogen-bond donors (Lipinski definition) is 0. The van der Waals surface area contributed by atoms with Crippen LogP contribution >= 0.6 is 0 Å². The van der Waals surface area contributed by atoms with E-state index in [-0.39, 0.29) is 5.16 Å². The Labute approximate surface area is 147 Å². The normalized spacial score (nSPS) is 14.8. The van der Waals surface area contributed by atoms with Crippen molar-refractivity contribution in [3.05, 3.63) is 41.2 Å². The summed E-state index contributed by atoms with van der Waals surface area (Å²) >= 11 is 0. The molecule has 1 aromatic carbocycles. The van der Waals surface area contributed by atoms with Crippen LogP contribution in [0.15, 0.2) is 29.6 Å². The van der Waals surface area contributed by atoms with Crippen molar-refractivity contribution >= 4 is 9.84 Å². The summed E-state index contributed by atoms with van der Waals surface area (Å²) in [5.74, 6) is 1.54. The van der Waals surface area contributed by atoms with Crippen LogP contribution in [0.25, 0.3) is 0 Å². The Balaban J connectivity index is 1.78. The topological polar surface area (TPSA) is 81.6 Å². The number of sulfone groups is 1. The lowest BCUT2D eigenvalue weighted by molar-refractivity contribution is 0.238. The summed E-state index contributed by atoms with van der Waals surface area (Å²) in [5.41, 5.74) is 2.85. The van der Waals surface area contributed by atoms with Crippen LogP contribution in [0, 0.1) is 0 Å². The van der Waals surface area contributed by atoms with Crippen LogP contribution in [-0.2, 0) is 29.3 Å². The number of nitrogens with zero attached hydrogens (tertiary/aromatic N) is 3. The predicted octanol–water partition coefficient (Wildman–Crippen LogP) is 1.46. The molecule has 1 aromatic heterocycles. The van der Waals surface area contributed by atoms with Gasteiger partial charge in [-0.2, -0.15) is 0 Å². The first-order valence-corrected chi connectivity index (χ1v) is 9.78. The Morgan fingerprint density at radius 1 is 1.24 bits per heavy atom. The Morgan fingerprint density at radius 2 is 2.04 bits per heavy atom. The van der Waals surface area contributed by atoms with Gasteiger partial charge in [0.15, 0.2) is 0 Å². The Morgan fingerprint density at radius 3 is 2.72 bits per heavy atom. The third-order valence-electron chi connectivity index (χ3n) is 4.21. The van der Waals surface area contributed by atoms with Gasteiger partial charge in [0.1, 0.15) is 11.5 Å². The SMILES string of the molecule is COc1ccc(CN2CCc3nc(S(C)(=O)=O)ncc3C2)c(OC)c1. The highest BCUT2D eigenvalue weighted by molar-refractivity contribution is 7.90. The van der Waals surface area contributed by atoms with E-state index in [1.54, 1.807) is 20.4 Å². The monoisotopic (exact) mass is 363 g/mol. The molecule has 1 aliphatic heterocycles. The number of benzene rings is 1. The second kappa shape index (κ2) is 6.97. The van der Waals surface area contributed by atoms with Gasteiger partial charge in [-0.05, 0) is 6.07 Å². The van der Waals surface area contributed by atoms with E-state index in [0.717, 1.165) is 47.7 Å². The van der Waals surface area contributed by atoms with Crippen LogP contribution in [0.4, 0.5) is 0 Å². The van der Waals surface area contributed by atoms with Gasteiger partial charge in [0, 0.05) is 55.7 Å². The van der Waals surface area contributed by atoms with Crippen LogP contribution < -0.4 is 9.47 Å². The maximum absolute atomic E-state index is 11.6. The van der Waals surface area contributed by atoms with E-state index < -0.39 is 9.84 Å². The summed E-state index contributed by atoms with van der Waals surface area (Å²) in [5, 5.41) is -0.100. The van der Waals surface area contributed by atoms with E-state index >= 15 is 0 Å². The number of fused-ring (bicyclic) bond motifs is 1. The number of ether oxygens (including phenoxy) is 2. The number of methoxy groups -OCH3 is 2. The molecule has 0 spiro atoms. The average Bonchev–Trinajstić information content (AvgIpc) is 2.60. The van der Waals surface area contributed by atoms with Crippen LogP contribution in [0.1, 0.15) is 16.8 Å². The van der Waals surface area contributed by atoms with E-state index in [1.807, 2.05) is 18.2 Å². The molecule has 25 heavy (non-hydrogen) atoms. The lowest BCUT2D eigenvalue weighted by atomic mass is 10.1. The van der Waals surface area contributed by atoms with Crippen LogP contribution in [-0.4, -0.2) is 50.3 Å². The van der Waals surface area contributed by atoms with Crippen molar-refractivity contribution in [2.75, 3.05) is 27.0 Å². The van der Waals surface area contributed by atoms with E-state index in [9.17, 15) is 8.42 Å². The third kappa shape index (κ3) is 3.91. The molecule has 8 heteroatoms. The van der Waals surface area contributed by atoms with Crippen LogP contribution in [0.5, 0.6) is 11.5 Å². The third-order valence-corrected chi connectivity index (χ3v) is 5.07. The molecule has 1 aliphatic rings. The van der Waals surface area contributed by atoms with Crippen LogP contribution in [0.3, 0.4) is 0 Å². The molecule has 0 radical (unpaired) electrons. The first-order valence-electron chi connectivity index (χ1n) is 7.89. The second-order valence-electron chi connectivity index (χ2n) is 6.04. The summed E-state index contributed by atoms with van der Waals surface area (Å²) in [7, 11) is -0.109. The van der Waals surface area contributed by atoms with Gasteiger partial charge < -0.3 is 9.47 Å². The quantitative estimate of drug-likeness (QED) is 0.744. The molecule has 2 aromatic rings. The molecule has 0 saturated carbocycles. The number of hydrogen-bond acceptors (Lipinski definition) is 7. The maximum atomic E-state index is 11.6. The molecule has 0 atom stereocenters. The average molecular weight is 363 g/mol. The lowest BCUT2D eigenvalue weighted by Gasteiger charge is -2.28. The van der Waals surface area contributed by atoms with E-state index in [1.165, 1.54) is 0 Å². The first-order chi connectivity index (χ1) is 11.9. The van der Waals surface area contributed by atoms with Crippen molar-refractivity contribution < 1.29 is 17.9 Å². The molecular formula is C17H21N3O4S. The summed E-state index contributed by atoms with van der Waals surface area (Å²) in [4.78, 5) is 10.5. The minimum atomic E-state index is -3.38. The van der Waals surface area contributed by atoms with E-state index in [2.05, 4.69) is 14.9 Å². The summed E-state index contributed by atoms with van der Waals surface area (Å²) < 4.78 is 33.9. The lowest BCUT2D eigenvalue weighted by Crippen LogP contribution is -2.31. The Kier molecular flexibility index (Phi) is 4.91. The van der Waals surface area contributed by atoms with Crippen LogP contribution in [0.2, 0.25) is 0 Å². The molecule has 0 aliphatic carbocycles. The molecule has 3 rings (SSSR count). The fraction of sp³-hybridized carbons (Fsp3) is 0.412. The molecular weight excluding hydrogens is 342 g/mol. The molecule has 7 nitrogen and oxygen atoms in total. The molecule has 0 bridgehead atoms. The van der Waals surface area contributed by atoms with Gasteiger partial charge in [0.2, 0.25) is 15.0 Å². The zero-order chi connectivity index (χ0) is 18.0. The standard InChI is InChI=1S/C17H21N3O4S/c1-23-14-5-4-12(16(8-14)24-2)10-20-7-6-15-13(11-20)9-18-17(19-15)25(3,21)22/h4-5,8-9H,6-7,10-11H2,1-3H3. The van der Waals surface area contributed by atoms with Gasteiger partial charge in [-0.1, -0.05) is 6.07 Å². The summed E-state index contributed by atoms with van der Waals surface area (Å²) in [6.45, 7) is 2.19. The number of rotatable bonds is 5. The first kappa shape index (κ1) is 17.6. The van der Waals surface area contributed by atoms with Gasteiger partial charge in [0.05, 0.1) is 19.9 Å². The smallest absolute Gasteiger partial charge is 0.246 e. The van der Waals surface area contributed by atoms with Crippen molar-refractivity contribution in [2.45, 2.75) is 24.7 Å². The summed E-state index contributed by atoms with van der Waals surface area (Å²) in [6, 6.07) is 5.78. The van der Waals surface area contributed by atoms with E-state index in [4.69, 9.17) is 9.47 Å². The molecule has 0 amide bonds. The molecule has 134 valence electrons. The Bertz CT molecular complexity index is 883. The second-order valence-corrected chi connectivity index (χ2v) is 7.94.